The van der Waals surface area contributed by atoms with Gasteiger partial charge in [0.15, 0.2) is 23.1 Å². The molecule has 0 saturated heterocycles. The molecule has 53 heavy (non-hydrogen) atoms. The molecule has 2 aliphatic rings. The molecule has 1 saturated carbocycles. The quantitative estimate of drug-likeness (QED) is 0.148. The van der Waals surface area contributed by atoms with Gasteiger partial charge in [-0.15, -0.1) is 0 Å². The molecule has 6 rings (SSSR count). The first-order valence-electron chi connectivity index (χ1n) is 16.2. The van der Waals surface area contributed by atoms with E-state index in [9.17, 15) is 46.1 Å². The standard InChI is InChI=1S/C33H32F3N7O9S/c1-51-22-14-25-24(37-15-22)13-19(31(45)39-25)12-23(41-53(49,50)28-5-3-2-4-26(28)43(47)48)18-6-9-21(10-7-18)42(32(46)33(34,35)36)16-20-8-11-27-30(38-20)40-29(44)17-52-27/h2-5,8,11,13-15,18,21,23,41H,6-7,9-10,12,16-17H2,1H3,(H,39,45)(H,38,40,44). The van der Waals surface area contributed by atoms with Crippen LogP contribution in [0.4, 0.5) is 24.7 Å². The van der Waals surface area contributed by atoms with Crippen LogP contribution in [0.15, 0.2) is 64.4 Å². The number of anilines is 1. The molecule has 0 spiro atoms. The maximum atomic E-state index is 13.9. The van der Waals surface area contributed by atoms with Crippen LogP contribution in [-0.4, -0.2) is 77.0 Å². The average molecular weight is 760 g/mol. The van der Waals surface area contributed by atoms with Gasteiger partial charge in [-0.1, -0.05) is 12.1 Å². The van der Waals surface area contributed by atoms with Crippen molar-refractivity contribution in [3.63, 3.8) is 0 Å². The summed E-state index contributed by atoms with van der Waals surface area (Å²) in [6, 6.07) is 8.58. The Morgan fingerprint density at radius 1 is 1.15 bits per heavy atom. The molecule has 1 aromatic carbocycles. The number of para-hydroxylation sites is 1. The number of methoxy groups -OCH3 is 1. The number of nitrogens with zero attached hydrogens (tertiary/aromatic N) is 4. The predicted molar refractivity (Wildman–Crippen MR) is 181 cm³/mol. The maximum Gasteiger partial charge on any atom is 0.471 e. The Labute approximate surface area is 298 Å². The number of alkyl halides is 3. The van der Waals surface area contributed by atoms with Crippen molar-refractivity contribution < 1.29 is 45.6 Å². The van der Waals surface area contributed by atoms with Gasteiger partial charge >= 0.3 is 12.1 Å². The number of ether oxygens (including phenoxy) is 2. The number of pyridine rings is 3. The fourth-order valence-corrected chi connectivity index (χ4v) is 8.10. The minimum atomic E-state index is -5.22. The zero-order valence-electron chi connectivity index (χ0n) is 27.9. The van der Waals surface area contributed by atoms with Crippen LogP contribution in [0.5, 0.6) is 11.5 Å². The molecule has 3 aromatic heterocycles. The van der Waals surface area contributed by atoms with Crippen LogP contribution >= 0.6 is 0 Å². The van der Waals surface area contributed by atoms with Crippen molar-refractivity contribution in [2.24, 2.45) is 5.92 Å². The van der Waals surface area contributed by atoms with Gasteiger partial charge in [-0.25, -0.2) is 18.1 Å². The maximum absolute atomic E-state index is 13.9. The van der Waals surface area contributed by atoms with E-state index in [1.807, 2.05) is 0 Å². The van der Waals surface area contributed by atoms with Gasteiger partial charge in [0, 0.05) is 29.8 Å². The summed E-state index contributed by atoms with van der Waals surface area (Å²) in [5.41, 5.74) is -0.312. The zero-order valence-corrected chi connectivity index (χ0v) is 28.7. The first-order valence-corrected chi connectivity index (χ1v) is 17.7. The van der Waals surface area contributed by atoms with Crippen LogP contribution in [0, 0.1) is 16.0 Å². The van der Waals surface area contributed by atoms with Crippen LogP contribution in [0.1, 0.15) is 36.9 Å². The highest BCUT2D eigenvalue weighted by atomic mass is 32.2. The minimum Gasteiger partial charge on any atom is -0.495 e. The van der Waals surface area contributed by atoms with Crippen LogP contribution < -0.4 is 25.1 Å². The molecule has 4 heterocycles. The second-order valence-corrected chi connectivity index (χ2v) is 14.3. The van der Waals surface area contributed by atoms with E-state index in [4.69, 9.17) is 9.47 Å². The molecule has 16 nitrogen and oxygen atoms in total. The van der Waals surface area contributed by atoms with Crippen molar-refractivity contribution >= 4 is 44.4 Å². The van der Waals surface area contributed by atoms with Gasteiger partial charge in [-0.3, -0.25) is 29.5 Å². The fourth-order valence-electron chi connectivity index (χ4n) is 6.62. The normalized spacial score (nSPS) is 18.0. The van der Waals surface area contributed by atoms with Gasteiger partial charge < -0.3 is 24.7 Å². The van der Waals surface area contributed by atoms with E-state index in [2.05, 4.69) is 25.0 Å². The van der Waals surface area contributed by atoms with Crippen molar-refractivity contribution in [3.05, 3.63) is 86.5 Å². The molecule has 3 N–H and O–H groups in total. The molecule has 20 heteroatoms. The number of hydrogen-bond donors (Lipinski definition) is 3. The topological polar surface area (TPSA) is 216 Å². The van der Waals surface area contributed by atoms with Crippen molar-refractivity contribution in [1.29, 1.82) is 0 Å². The molecule has 4 aromatic rings. The van der Waals surface area contributed by atoms with Gasteiger partial charge in [0.1, 0.15) is 5.75 Å². The largest absolute Gasteiger partial charge is 0.495 e. The monoisotopic (exact) mass is 759 g/mol. The van der Waals surface area contributed by atoms with Crippen molar-refractivity contribution in [2.45, 2.75) is 61.8 Å². The van der Waals surface area contributed by atoms with E-state index in [1.165, 1.54) is 43.6 Å². The van der Waals surface area contributed by atoms with Crippen LogP contribution in [0.25, 0.3) is 11.0 Å². The number of rotatable bonds is 11. The Hall–Kier alpha value is -5.63. The highest BCUT2D eigenvalue weighted by Gasteiger charge is 2.46. The summed E-state index contributed by atoms with van der Waals surface area (Å²) in [4.78, 5) is 59.9. The first kappa shape index (κ1) is 37.1. The van der Waals surface area contributed by atoms with Crippen molar-refractivity contribution in [2.75, 3.05) is 19.0 Å². The molecule has 1 unspecified atom stereocenters. The lowest BCUT2D eigenvalue weighted by atomic mass is 9.79. The number of fused-ring (bicyclic) bond motifs is 2. The molecular formula is C33H32F3N7O9S. The molecule has 1 aliphatic carbocycles. The van der Waals surface area contributed by atoms with Gasteiger partial charge in [-0.05, 0) is 62.3 Å². The zero-order chi connectivity index (χ0) is 38.1. The summed E-state index contributed by atoms with van der Waals surface area (Å²) >= 11 is 0. The lowest BCUT2D eigenvalue weighted by Gasteiger charge is -2.39. The van der Waals surface area contributed by atoms with Crippen molar-refractivity contribution in [3.8, 4) is 11.5 Å². The molecule has 280 valence electrons. The van der Waals surface area contributed by atoms with Gasteiger partial charge in [0.05, 0.1) is 41.5 Å². The molecule has 2 amide bonds. The lowest BCUT2D eigenvalue weighted by molar-refractivity contribution is -0.387. The van der Waals surface area contributed by atoms with E-state index in [0.29, 0.717) is 21.7 Å². The number of nitrogens with one attached hydrogen (secondary N) is 3. The third-order valence-electron chi connectivity index (χ3n) is 9.20. The van der Waals surface area contributed by atoms with Gasteiger partial charge in [0.2, 0.25) is 10.0 Å². The number of halogens is 3. The first-order chi connectivity index (χ1) is 25.1. The van der Waals surface area contributed by atoms with Crippen LogP contribution in [0.2, 0.25) is 0 Å². The number of H-pyrrole nitrogens is 1. The molecule has 1 aliphatic heterocycles. The van der Waals surface area contributed by atoms with E-state index < -0.39 is 73.6 Å². The Kier molecular flexibility index (Phi) is 10.4. The number of benzene rings is 1. The Morgan fingerprint density at radius 2 is 1.89 bits per heavy atom. The SMILES string of the molecule is COc1cnc2cc(CC(NS(=O)(=O)c3ccccc3[N+](=O)[O-])C3CCC(N(Cc4ccc5c(n4)NC(=O)CO5)C(=O)C(F)(F)F)CC3)c(=O)[nH]c2c1. The summed E-state index contributed by atoms with van der Waals surface area (Å²) in [5.74, 6) is -2.57. The second-order valence-electron chi connectivity index (χ2n) is 12.6. The lowest BCUT2D eigenvalue weighted by Crippen LogP contribution is -2.50. The van der Waals surface area contributed by atoms with Crippen molar-refractivity contribution in [1.82, 2.24) is 24.6 Å². The summed E-state index contributed by atoms with van der Waals surface area (Å²) < 4.78 is 82.1. The molecule has 0 radical (unpaired) electrons. The summed E-state index contributed by atoms with van der Waals surface area (Å²) in [5, 5.41) is 14.2. The number of sulfonamides is 1. The number of nitro groups is 1. The number of amides is 2. The highest BCUT2D eigenvalue weighted by Crippen LogP contribution is 2.35. The Bertz CT molecular complexity index is 2240. The van der Waals surface area contributed by atoms with Crippen LogP contribution in [0.3, 0.4) is 0 Å². The molecular weight excluding hydrogens is 727 g/mol. The van der Waals surface area contributed by atoms with E-state index in [0.717, 1.165) is 12.1 Å². The minimum absolute atomic E-state index is 0.00802. The third kappa shape index (κ3) is 8.22. The van der Waals surface area contributed by atoms with Gasteiger partial charge in [-0.2, -0.15) is 13.2 Å². The van der Waals surface area contributed by atoms with Crippen LogP contribution in [-0.2, 0) is 32.6 Å². The molecule has 1 fully saturated rings. The summed E-state index contributed by atoms with van der Waals surface area (Å²) in [6.45, 7) is -0.800. The Morgan fingerprint density at radius 3 is 2.58 bits per heavy atom. The fraction of sp³-hybridized carbons (Fsp3) is 0.364. The predicted octanol–water partition coefficient (Wildman–Crippen LogP) is 3.61. The number of aromatic nitrogens is 3. The smallest absolute Gasteiger partial charge is 0.471 e. The molecule has 1 atom stereocenters. The third-order valence-corrected chi connectivity index (χ3v) is 10.7. The van der Waals surface area contributed by atoms with Gasteiger partial charge in [0.25, 0.3) is 17.2 Å². The second kappa shape index (κ2) is 14.8. The average Bonchev–Trinajstić information content (AvgIpc) is 3.12. The molecule has 0 bridgehead atoms. The number of aromatic amines is 1. The number of carbonyl (C=O) groups excluding carboxylic acids is 2. The highest BCUT2D eigenvalue weighted by molar-refractivity contribution is 7.89. The summed E-state index contributed by atoms with van der Waals surface area (Å²) in [6.07, 6.45) is -3.76. The number of hydrogen-bond acceptors (Lipinski definition) is 11. The number of carbonyl (C=O) groups is 2. The summed E-state index contributed by atoms with van der Waals surface area (Å²) in [7, 11) is -3.15. The Balaban J connectivity index is 1.28. The van der Waals surface area contributed by atoms with E-state index >= 15 is 0 Å². The number of nitro benzene ring substituents is 1. The van der Waals surface area contributed by atoms with E-state index in [-0.39, 0.29) is 61.5 Å². The van der Waals surface area contributed by atoms with E-state index in [1.54, 1.807) is 6.07 Å².